The minimum absolute atomic E-state index is 0.00769. The fourth-order valence-corrected chi connectivity index (χ4v) is 2.17. The van der Waals surface area contributed by atoms with Crippen molar-refractivity contribution in [1.29, 1.82) is 5.26 Å². The van der Waals surface area contributed by atoms with E-state index in [9.17, 15) is 9.59 Å². The number of ether oxygens (including phenoxy) is 1. The topological polar surface area (TPSA) is 72.1 Å². The highest BCUT2D eigenvalue weighted by molar-refractivity contribution is 5.74. The molecule has 5 heteroatoms. The van der Waals surface area contributed by atoms with Gasteiger partial charge in [-0.15, -0.1) is 0 Å². The molecule has 0 fully saturated rings. The Hall–Kier alpha value is -2.87. The van der Waals surface area contributed by atoms with Crippen molar-refractivity contribution in [2.45, 2.75) is 26.5 Å². The second-order valence-corrected chi connectivity index (χ2v) is 4.94. The monoisotopic (exact) mass is 296 g/mol. The van der Waals surface area contributed by atoms with Gasteiger partial charge in [-0.2, -0.15) is 5.26 Å². The van der Waals surface area contributed by atoms with E-state index in [-0.39, 0.29) is 12.2 Å². The molecule has 0 amide bonds. The second kappa shape index (κ2) is 6.72. The molecule has 0 bridgehead atoms. The van der Waals surface area contributed by atoms with Crippen LogP contribution in [0.2, 0.25) is 0 Å². The summed E-state index contributed by atoms with van der Waals surface area (Å²) in [6.45, 7) is 3.45. The lowest BCUT2D eigenvalue weighted by atomic mass is 10.2. The van der Waals surface area contributed by atoms with E-state index in [4.69, 9.17) is 10.00 Å². The molecule has 1 aromatic carbocycles. The molecule has 0 N–H and O–H groups in total. The molecule has 0 saturated heterocycles. The van der Waals surface area contributed by atoms with E-state index in [1.165, 1.54) is 10.6 Å². The summed E-state index contributed by atoms with van der Waals surface area (Å²) in [4.78, 5) is 24.3. The van der Waals surface area contributed by atoms with Gasteiger partial charge in [0.15, 0.2) is 0 Å². The largest absolute Gasteiger partial charge is 0.459 e. The number of hydrogen-bond donors (Lipinski definition) is 0. The summed E-state index contributed by atoms with van der Waals surface area (Å²) in [7, 11) is 0. The normalized spacial score (nSPS) is 11.5. The first-order valence-electron chi connectivity index (χ1n) is 6.87. The minimum atomic E-state index is -0.787. The fourth-order valence-electron chi connectivity index (χ4n) is 2.17. The van der Waals surface area contributed by atoms with Crippen molar-refractivity contribution in [1.82, 2.24) is 4.57 Å². The van der Waals surface area contributed by atoms with Gasteiger partial charge in [-0.25, -0.2) is 4.79 Å². The van der Waals surface area contributed by atoms with Crippen LogP contribution >= 0.6 is 0 Å². The zero-order valence-corrected chi connectivity index (χ0v) is 12.4. The maximum absolute atomic E-state index is 12.2. The van der Waals surface area contributed by atoms with Crippen molar-refractivity contribution in [2.75, 3.05) is 0 Å². The highest BCUT2D eigenvalue weighted by Crippen LogP contribution is 2.11. The summed E-state index contributed by atoms with van der Waals surface area (Å²) in [5, 5.41) is 8.93. The highest BCUT2D eigenvalue weighted by atomic mass is 16.5. The number of aryl methyl sites for hydroxylation is 1. The zero-order valence-electron chi connectivity index (χ0n) is 12.4. The van der Waals surface area contributed by atoms with Crippen LogP contribution in [0.25, 0.3) is 0 Å². The third-order valence-corrected chi connectivity index (χ3v) is 3.39. The molecule has 0 radical (unpaired) electrons. The molecule has 5 nitrogen and oxygen atoms in total. The lowest BCUT2D eigenvalue weighted by Gasteiger charge is -2.17. The summed E-state index contributed by atoms with van der Waals surface area (Å²) in [6.07, 6.45) is 0. The molecule has 0 aliphatic carbocycles. The minimum Gasteiger partial charge on any atom is -0.459 e. The first kappa shape index (κ1) is 15.5. The van der Waals surface area contributed by atoms with Crippen LogP contribution in [0.3, 0.4) is 0 Å². The first-order valence-corrected chi connectivity index (χ1v) is 6.87. The Morgan fingerprint density at radius 1 is 1.27 bits per heavy atom. The highest BCUT2D eigenvalue weighted by Gasteiger charge is 2.20. The molecular weight excluding hydrogens is 280 g/mol. The van der Waals surface area contributed by atoms with Crippen LogP contribution in [0.5, 0.6) is 0 Å². The molecule has 22 heavy (non-hydrogen) atoms. The van der Waals surface area contributed by atoms with Crippen LogP contribution in [-0.2, 0) is 16.1 Å². The number of rotatable bonds is 4. The number of nitriles is 1. The summed E-state index contributed by atoms with van der Waals surface area (Å²) < 4.78 is 6.53. The van der Waals surface area contributed by atoms with Crippen LogP contribution in [-0.4, -0.2) is 10.5 Å². The Morgan fingerprint density at radius 3 is 2.59 bits per heavy atom. The van der Waals surface area contributed by atoms with E-state index in [2.05, 4.69) is 0 Å². The molecule has 2 rings (SSSR count). The molecule has 0 aliphatic rings. The fraction of sp³-hybridized carbons (Fsp3) is 0.235. The van der Waals surface area contributed by atoms with E-state index in [1.807, 2.05) is 36.4 Å². The summed E-state index contributed by atoms with van der Waals surface area (Å²) >= 11 is 0. The Bertz CT molecular complexity index is 773. The van der Waals surface area contributed by atoms with Gasteiger partial charge < -0.3 is 4.74 Å². The van der Waals surface area contributed by atoms with Crippen molar-refractivity contribution >= 4 is 5.97 Å². The molecule has 112 valence electrons. The third-order valence-electron chi connectivity index (χ3n) is 3.39. The Labute approximate surface area is 128 Å². The molecule has 1 heterocycles. The number of hydrogen-bond acceptors (Lipinski definition) is 4. The second-order valence-electron chi connectivity index (χ2n) is 4.94. The standard InChI is InChI=1S/C17H16N2O3/c1-12-8-9-15(10-18)16(20)19(12)13(2)17(21)22-11-14-6-4-3-5-7-14/h3-9,13H,11H2,1-2H3. The van der Waals surface area contributed by atoms with Gasteiger partial charge in [0, 0.05) is 5.69 Å². The molecule has 0 aliphatic heterocycles. The van der Waals surface area contributed by atoms with Gasteiger partial charge in [-0.05, 0) is 31.5 Å². The van der Waals surface area contributed by atoms with Gasteiger partial charge >= 0.3 is 5.97 Å². The van der Waals surface area contributed by atoms with Gasteiger partial charge in [0.05, 0.1) is 0 Å². The number of esters is 1. The molecular formula is C17H16N2O3. The Balaban J connectivity index is 2.18. The average molecular weight is 296 g/mol. The van der Waals surface area contributed by atoms with Crippen LogP contribution in [0.15, 0.2) is 47.3 Å². The van der Waals surface area contributed by atoms with Gasteiger partial charge in [0.1, 0.15) is 24.3 Å². The van der Waals surface area contributed by atoms with Gasteiger partial charge in [0.2, 0.25) is 0 Å². The van der Waals surface area contributed by atoms with Gasteiger partial charge in [-0.3, -0.25) is 9.36 Å². The number of carbonyl (C=O) groups is 1. The molecule has 0 spiro atoms. The van der Waals surface area contributed by atoms with E-state index >= 15 is 0 Å². The molecule has 2 aromatic rings. The lowest BCUT2D eigenvalue weighted by Crippen LogP contribution is -2.32. The number of benzene rings is 1. The van der Waals surface area contributed by atoms with Crippen molar-refractivity contribution < 1.29 is 9.53 Å². The van der Waals surface area contributed by atoms with E-state index in [1.54, 1.807) is 19.9 Å². The summed E-state index contributed by atoms with van der Waals surface area (Å²) in [6, 6.07) is 13.4. The van der Waals surface area contributed by atoms with Crippen molar-refractivity contribution in [3.8, 4) is 6.07 Å². The smallest absolute Gasteiger partial charge is 0.329 e. The molecule has 1 atom stereocenters. The summed E-state index contributed by atoms with van der Waals surface area (Å²) in [5.74, 6) is -0.510. The predicted octanol–water partition coefficient (Wildman–Crippen LogP) is 2.33. The van der Waals surface area contributed by atoms with Crippen LogP contribution < -0.4 is 5.56 Å². The van der Waals surface area contributed by atoms with Crippen molar-refractivity contribution in [2.24, 2.45) is 0 Å². The van der Waals surface area contributed by atoms with Gasteiger partial charge in [0.25, 0.3) is 5.56 Å². The molecule has 0 saturated carbocycles. The number of aromatic nitrogens is 1. The van der Waals surface area contributed by atoms with Crippen LogP contribution in [0, 0.1) is 18.3 Å². The predicted molar refractivity (Wildman–Crippen MR) is 81.1 cm³/mol. The van der Waals surface area contributed by atoms with Crippen molar-refractivity contribution in [3.63, 3.8) is 0 Å². The maximum atomic E-state index is 12.2. The lowest BCUT2D eigenvalue weighted by molar-refractivity contribution is -0.148. The molecule has 1 unspecified atom stereocenters. The maximum Gasteiger partial charge on any atom is 0.329 e. The zero-order chi connectivity index (χ0) is 16.1. The summed E-state index contributed by atoms with van der Waals surface area (Å²) in [5.41, 5.74) is 1.01. The van der Waals surface area contributed by atoms with E-state index in [0.717, 1.165) is 5.56 Å². The van der Waals surface area contributed by atoms with E-state index in [0.29, 0.717) is 5.69 Å². The van der Waals surface area contributed by atoms with Crippen molar-refractivity contribution in [3.05, 3.63) is 69.6 Å². The Morgan fingerprint density at radius 2 is 1.95 bits per heavy atom. The number of pyridine rings is 1. The van der Waals surface area contributed by atoms with E-state index < -0.39 is 17.6 Å². The number of nitrogens with zero attached hydrogens (tertiary/aromatic N) is 2. The van der Waals surface area contributed by atoms with Gasteiger partial charge in [-0.1, -0.05) is 30.3 Å². The first-order chi connectivity index (χ1) is 10.5. The molecule has 1 aromatic heterocycles. The Kier molecular flexibility index (Phi) is 4.74. The average Bonchev–Trinajstić information content (AvgIpc) is 2.53. The van der Waals surface area contributed by atoms with Crippen LogP contribution in [0.4, 0.5) is 0 Å². The number of carbonyl (C=O) groups excluding carboxylic acids is 1. The SMILES string of the molecule is Cc1ccc(C#N)c(=O)n1C(C)C(=O)OCc1ccccc1. The van der Waals surface area contributed by atoms with Crippen LogP contribution in [0.1, 0.15) is 29.8 Å². The quantitative estimate of drug-likeness (QED) is 0.812. The third kappa shape index (κ3) is 3.23.